The van der Waals surface area contributed by atoms with Gasteiger partial charge in [0, 0.05) is 19.3 Å². The van der Waals surface area contributed by atoms with Crippen LogP contribution in [0, 0.1) is 0 Å². The normalized spacial score (nSPS) is 14.2. The zero-order chi connectivity index (χ0) is 41.9. The van der Waals surface area contributed by atoms with Crippen LogP contribution in [0.5, 0.6) is 0 Å². The van der Waals surface area contributed by atoms with E-state index in [4.69, 9.17) is 28.0 Å². The van der Waals surface area contributed by atoms with Crippen LogP contribution in [0.1, 0.15) is 96.3 Å². The van der Waals surface area contributed by atoms with Crippen molar-refractivity contribution < 1.29 is 63.6 Å². The molecule has 0 heterocycles. The Bertz CT molecular complexity index is 1290. The van der Waals surface area contributed by atoms with Crippen molar-refractivity contribution in [1.82, 2.24) is 26.6 Å². The van der Waals surface area contributed by atoms with Crippen molar-refractivity contribution in [3.05, 3.63) is 0 Å². The molecule has 17 N–H and O–H groups in total. The van der Waals surface area contributed by atoms with Gasteiger partial charge < -0.3 is 69.9 Å². The molecule has 6 atom stereocenters. The van der Waals surface area contributed by atoms with Crippen molar-refractivity contribution in [1.29, 1.82) is 0 Å². The van der Waals surface area contributed by atoms with Gasteiger partial charge in [-0.3, -0.25) is 38.4 Å². The van der Waals surface area contributed by atoms with Gasteiger partial charge in [-0.1, -0.05) is 6.42 Å². The summed E-state index contributed by atoms with van der Waals surface area (Å²) >= 11 is 0. The quantitative estimate of drug-likeness (QED) is 0.0298. The van der Waals surface area contributed by atoms with Crippen LogP contribution in [0.4, 0.5) is 0 Å². The summed E-state index contributed by atoms with van der Waals surface area (Å²) < 4.78 is 0. The monoisotopic (exact) mass is 789 g/mol. The smallest absolute Gasteiger partial charge is 0.326 e. The molecule has 0 rings (SSSR count). The second-order valence-electron chi connectivity index (χ2n) is 12.9. The van der Waals surface area contributed by atoms with Crippen LogP contribution in [0.2, 0.25) is 0 Å². The summed E-state index contributed by atoms with van der Waals surface area (Å²) in [5.74, 6) is -10.1. The van der Waals surface area contributed by atoms with Crippen molar-refractivity contribution in [2.45, 2.75) is 133 Å². The largest absolute Gasteiger partial charge is 0.481 e. The highest BCUT2D eigenvalue weighted by Gasteiger charge is 2.33. The van der Waals surface area contributed by atoms with Crippen LogP contribution < -0.4 is 49.5 Å². The molecule has 0 unspecified atom stereocenters. The lowest BCUT2D eigenvalue weighted by atomic mass is 10.0. The number of nitrogens with one attached hydrogen (secondary N) is 5. The second-order valence-corrected chi connectivity index (χ2v) is 12.9. The SMILES string of the molecule is NCCCC[C@H](NC(=O)[C@H](CCC(=O)O)NC(=O)[C@H](CCCCN)NC(=O)[C@H](CCC(=O)O)NC(=O)[C@@H](N)CCCCN)C(=O)N[C@@H](CCC(=O)O)C(=O)O. The predicted molar refractivity (Wildman–Crippen MR) is 195 cm³/mol. The minimum Gasteiger partial charge on any atom is -0.481 e. The maximum atomic E-state index is 13.7. The maximum absolute atomic E-state index is 13.7. The average molecular weight is 790 g/mol. The molecule has 0 bridgehead atoms. The number of unbranched alkanes of at least 4 members (excludes halogenated alkanes) is 3. The molecule has 0 saturated heterocycles. The van der Waals surface area contributed by atoms with E-state index >= 15 is 0 Å². The molecule has 0 aliphatic heterocycles. The highest BCUT2D eigenvalue weighted by molar-refractivity contribution is 5.96. The Morgan fingerprint density at radius 2 is 0.655 bits per heavy atom. The van der Waals surface area contributed by atoms with Crippen LogP contribution in [-0.4, -0.2) is 130 Å². The standard InChI is InChI=1S/C33H59N9O13/c34-16-4-1-7-19(37)28(49)38-22(10-13-25(43)44)31(52)39-20(8-2-5-17-35)29(50)41-23(11-14-26(45)46)32(53)40-21(9-3-6-18-36)30(51)42-24(33(54)55)12-15-27(47)48/h19-24H,1-18,34-37H2,(H,38,49)(H,39,52)(H,40,53)(H,41,50)(H,42,51)(H,43,44)(H,45,46)(H,47,48)(H,54,55)/t19-,20-,21-,22-,23-,24-/m0/s1. The predicted octanol–water partition coefficient (Wildman–Crippen LogP) is -3.20. The third-order valence-electron chi connectivity index (χ3n) is 8.29. The van der Waals surface area contributed by atoms with Crippen molar-refractivity contribution >= 4 is 53.4 Å². The van der Waals surface area contributed by atoms with E-state index in [-0.39, 0.29) is 51.6 Å². The van der Waals surface area contributed by atoms with Crippen molar-refractivity contribution in [2.75, 3.05) is 19.6 Å². The number of amides is 5. The minimum absolute atomic E-state index is 0.0444. The Balaban J connectivity index is 6.31. The first-order valence-corrected chi connectivity index (χ1v) is 18.2. The van der Waals surface area contributed by atoms with E-state index in [0.29, 0.717) is 32.2 Å². The molecule has 314 valence electrons. The zero-order valence-corrected chi connectivity index (χ0v) is 31.0. The molecule has 22 heteroatoms. The Morgan fingerprint density at radius 1 is 0.382 bits per heavy atom. The van der Waals surface area contributed by atoms with Crippen LogP contribution in [0.3, 0.4) is 0 Å². The van der Waals surface area contributed by atoms with Gasteiger partial charge in [-0.25, -0.2) is 4.79 Å². The molecule has 0 saturated carbocycles. The highest BCUT2D eigenvalue weighted by Crippen LogP contribution is 2.10. The molecule has 0 aromatic rings. The maximum Gasteiger partial charge on any atom is 0.326 e. The number of carboxylic acids is 4. The van der Waals surface area contributed by atoms with E-state index in [1.165, 1.54) is 0 Å². The number of carbonyl (C=O) groups is 9. The van der Waals surface area contributed by atoms with E-state index in [0.717, 1.165) is 0 Å². The first kappa shape index (κ1) is 50.1. The van der Waals surface area contributed by atoms with Crippen LogP contribution in [0.25, 0.3) is 0 Å². The Kier molecular flexibility index (Phi) is 25.9. The molecule has 0 fully saturated rings. The first-order chi connectivity index (χ1) is 26.0. The molecule has 0 aliphatic carbocycles. The molecule has 0 aromatic carbocycles. The van der Waals surface area contributed by atoms with Gasteiger partial charge in [0.25, 0.3) is 0 Å². The summed E-state index contributed by atoms with van der Waals surface area (Å²) in [6, 6.07) is -8.48. The van der Waals surface area contributed by atoms with Gasteiger partial charge >= 0.3 is 23.9 Å². The lowest BCUT2D eigenvalue weighted by Gasteiger charge is -2.27. The van der Waals surface area contributed by atoms with E-state index in [9.17, 15) is 58.5 Å². The van der Waals surface area contributed by atoms with Crippen LogP contribution >= 0.6 is 0 Å². The van der Waals surface area contributed by atoms with E-state index in [1.54, 1.807) is 0 Å². The third kappa shape index (κ3) is 22.8. The third-order valence-corrected chi connectivity index (χ3v) is 8.29. The topological polar surface area (TPSA) is 399 Å². The number of hydrogen-bond acceptors (Lipinski definition) is 13. The number of rotatable bonds is 32. The van der Waals surface area contributed by atoms with Crippen molar-refractivity contribution in [2.24, 2.45) is 22.9 Å². The fourth-order valence-corrected chi connectivity index (χ4v) is 5.13. The lowest BCUT2D eigenvalue weighted by Crippen LogP contribution is -2.59. The Hall–Kier alpha value is -4.93. The average Bonchev–Trinajstić information content (AvgIpc) is 3.11. The lowest BCUT2D eigenvalue weighted by molar-refractivity contribution is -0.143. The number of hydrogen-bond donors (Lipinski definition) is 13. The number of nitrogens with two attached hydrogens (primary N) is 4. The molecule has 0 aliphatic rings. The van der Waals surface area contributed by atoms with Gasteiger partial charge in [-0.05, 0) is 90.3 Å². The Labute approximate surface area is 318 Å². The fraction of sp³-hybridized carbons (Fsp3) is 0.727. The van der Waals surface area contributed by atoms with Gasteiger partial charge in [0.1, 0.15) is 30.2 Å². The summed E-state index contributed by atoms with van der Waals surface area (Å²) in [6.45, 7) is 0.812. The number of carboxylic acid groups (broad SMARTS) is 4. The van der Waals surface area contributed by atoms with E-state index in [2.05, 4.69) is 26.6 Å². The number of aliphatic carboxylic acids is 4. The van der Waals surface area contributed by atoms with E-state index < -0.39 is 122 Å². The Morgan fingerprint density at radius 3 is 0.964 bits per heavy atom. The highest BCUT2D eigenvalue weighted by atomic mass is 16.4. The van der Waals surface area contributed by atoms with Crippen molar-refractivity contribution in [3.8, 4) is 0 Å². The zero-order valence-electron chi connectivity index (χ0n) is 31.0. The second kappa shape index (κ2) is 28.5. The van der Waals surface area contributed by atoms with Crippen molar-refractivity contribution in [3.63, 3.8) is 0 Å². The van der Waals surface area contributed by atoms with Gasteiger partial charge in [0.05, 0.1) is 6.04 Å². The molecule has 0 aromatic heterocycles. The van der Waals surface area contributed by atoms with Gasteiger partial charge in [-0.2, -0.15) is 0 Å². The molecular weight excluding hydrogens is 730 g/mol. The minimum atomic E-state index is -1.62. The summed E-state index contributed by atoms with van der Waals surface area (Å²) in [7, 11) is 0. The van der Waals surface area contributed by atoms with Crippen LogP contribution in [-0.2, 0) is 43.2 Å². The molecular formula is C33H59N9O13. The van der Waals surface area contributed by atoms with Gasteiger partial charge in [0.2, 0.25) is 29.5 Å². The molecule has 22 nitrogen and oxygen atoms in total. The number of carbonyl (C=O) groups excluding carboxylic acids is 5. The molecule has 0 spiro atoms. The first-order valence-electron chi connectivity index (χ1n) is 18.2. The van der Waals surface area contributed by atoms with Gasteiger partial charge in [0.15, 0.2) is 0 Å². The van der Waals surface area contributed by atoms with E-state index in [1.807, 2.05) is 0 Å². The summed E-state index contributed by atoms with van der Waals surface area (Å²) in [6.07, 6.45) is -0.429. The summed E-state index contributed by atoms with van der Waals surface area (Å²) in [5, 5.41) is 48.9. The summed E-state index contributed by atoms with van der Waals surface area (Å²) in [5.41, 5.74) is 22.6. The van der Waals surface area contributed by atoms with Gasteiger partial charge in [-0.15, -0.1) is 0 Å². The molecule has 0 radical (unpaired) electrons. The fourth-order valence-electron chi connectivity index (χ4n) is 5.13. The van der Waals surface area contributed by atoms with Crippen LogP contribution in [0.15, 0.2) is 0 Å². The molecule has 55 heavy (non-hydrogen) atoms. The molecule has 5 amide bonds. The summed E-state index contributed by atoms with van der Waals surface area (Å²) in [4.78, 5) is 112.